The van der Waals surface area contributed by atoms with Crippen molar-refractivity contribution in [3.63, 3.8) is 0 Å². The minimum Gasteiger partial charge on any atom is -0.488 e. The second-order valence-corrected chi connectivity index (χ2v) is 8.71. The van der Waals surface area contributed by atoms with Crippen LogP contribution in [0.4, 0.5) is 0 Å². The van der Waals surface area contributed by atoms with Crippen molar-refractivity contribution < 1.29 is 14.3 Å². The molecule has 1 atom stereocenters. The van der Waals surface area contributed by atoms with Crippen molar-refractivity contribution >= 4 is 41.2 Å². The summed E-state index contributed by atoms with van der Waals surface area (Å²) in [6.07, 6.45) is 1.50. The van der Waals surface area contributed by atoms with E-state index >= 15 is 0 Å². The van der Waals surface area contributed by atoms with Gasteiger partial charge < -0.3 is 10.1 Å². The molecule has 0 fully saturated rings. The second kappa shape index (κ2) is 12.2. The molecule has 176 valence electrons. The third-order valence-electron chi connectivity index (χ3n) is 4.96. The minimum absolute atomic E-state index is 0.170. The summed E-state index contributed by atoms with van der Waals surface area (Å²) < 4.78 is 5.90. The summed E-state index contributed by atoms with van der Waals surface area (Å²) in [5, 5.41) is 7.78. The zero-order chi connectivity index (χ0) is 24.5. The first-order valence-corrected chi connectivity index (χ1v) is 11.5. The van der Waals surface area contributed by atoms with Gasteiger partial charge in [-0.3, -0.25) is 9.59 Å². The molecule has 34 heavy (non-hydrogen) atoms. The molecule has 3 aromatic carbocycles. The van der Waals surface area contributed by atoms with Gasteiger partial charge >= 0.3 is 0 Å². The minimum atomic E-state index is -0.794. The number of ether oxygens (including phenoxy) is 1. The van der Waals surface area contributed by atoms with E-state index in [1.54, 1.807) is 36.4 Å². The molecule has 6 nitrogen and oxygen atoms in total. The highest BCUT2D eigenvalue weighted by Crippen LogP contribution is 2.19. The number of para-hydroxylation sites is 1. The molecule has 3 aromatic rings. The summed E-state index contributed by atoms with van der Waals surface area (Å²) in [6.45, 7) is 4.03. The maximum atomic E-state index is 12.7. The van der Waals surface area contributed by atoms with Crippen molar-refractivity contribution in [3.05, 3.63) is 99.5 Å². The zero-order valence-corrected chi connectivity index (χ0v) is 20.3. The van der Waals surface area contributed by atoms with Gasteiger partial charge in [0.2, 0.25) is 0 Å². The molecule has 0 aromatic heterocycles. The molecule has 0 aliphatic carbocycles. The Morgan fingerprint density at radius 1 is 0.971 bits per heavy atom. The van der Waals surface area contributed by atoms with Gasteiger partial charge in [-0.05, 0) is 47.9 Å². The van der Waals surface area contributed by atoms with E-state index in [4.69, 9.17) is 27.9 Å². The lowest BCUT2D eigenvalue weighted by molar-refractivity contribution is -0.123. The van der Waals surface area contributed by atoms with Crippen LogP contribution in [0.25, 0.3) is 0 Å². The van der Waals surface area contributed by atoms with Crippen LogP contribution in [0.1, 0.15) is 35.3 Å². The van der Waals surface area contributed by atoms with Crippen LogP contribution in [-0.4, -0.2) is 24.1 Å². The Labute approximate surface area is 208 Å². The van der Waals surface area contributed by atoms with Gasteiger partial charge in [0, 0.05) is 10.6 Å². The molecule has 2 N–H and O–H groups in total. The molecule has 1 unspecified atom stereocenters. The summed E-state index contributed by atoms with van der Waals surface area (Å²) in [6, 6.07) is 20.6. The molecule has 2 amide bonds. The van der Waals surface area contributed by atoms with E-state index in [0.29, 0.717) is 33.5 Å². The van der Waals surface area contributed by atoms with Crippen LogP contribution >= 0.6 is 23.2 Å². The molecule has 8 heteroatoms. The summed E-state index contributed by atoms with van der Waals surface area (Å²) in [5.41, 5.74) is 4.47. The van der Waals surface area contributed by atoms with Crippen LogP contribution in [0.5, 0.6) is 5.75 Å². The van der Waals surface area contributed by atoms with E-state index in [-0.39, 0.29) is 5.92 Å². The number of hydrogen-bond donors (Lipinski definition) is 2. The first-order valence-electron chi connectivity index (χ1n) is 10.7. The third kappa shape index (κ3) is 7.07. The molecular formula is C26H25Cl2N3O3. The van der Waals surface area contributed by atoms with Crippen molar-refractivity contribution in [2.75, 3.05) is 0 Å². The summed E-state index contributed by atoms with van der Waals surface area (Å²) >= 11 is 12.0. The summed E-state index contributed by atoms with van der Waals surface area (Å²) in [5.74, 6) is -0.421. The molecular weight excluding hydrogens is 473 g/mol. The van der Waals surface area contributed by atoms with Gasteiger partial charge in [-0.2, -0.15) is 5.10 Å². The Kier molecular flexibility index (Phi) is 9.08. The topological polar surface area (TPSA) is 79.8 Å². The number of nitrogens with zero attached hydrogens (tertiary/aromatic N) is 1. The van der Waals surface area contributed by atoms with E-state index < -0.39 is 17.9 Å². The van der Waals surface area contributed by atoms with Crippen LogP contribution in [0.15, 0.2) is 77.9 Å². The molecule has 0 bridgehead atoms. The number of carbonyl (C=O) groups is 2. The first kappa shape index (κ1) is 25.3. The average molecular weight is 498 g/mol. The molecule has 0 saturated heterocycles. The van der Waals surface area contributed by atoms with Crippen molar-refractivity contribution in [2.24, 2.45) is 11.0 Å². The highest BCUT2D eigenvalue weighted by molar-refractivity contribution is 6.33. The fourth-order valence-electron chi connectivity index (χ4n) is 3.09. The third-order valence-corrected chi connectivity index (χ3v) is 5.54. The average Bonchev–Trinajstić information content (AvgIpc) is 2.82. The predicted molar refractivity (Wildman–Crippen MR) is 136 cm³/mol. The van der Waals surface area contributed by atoms with E-state index in [1.165, 1.54) is 6.21 Å². The molecule has 3 rings (SSSR count). The monoisotopic (exact) mass is 497 g/mol. The van der Waals surface area contributed by atoms with Gasteiger partial charge in [-0.25, -0.2) is 5.43 Å². The number of halogens is 2. The fraction of sp³-hybridized carbons (Fsp3) is 0.192. The quantitative estimate of drug-likeness (QED) is 0.303. The van der Waals surface area contributed by atoms with Crippen LogP contribution < -0.4 is 15.5 Å². The van der Waals surface area contributed by atoms with Crippen LogP contribution in [-0.2, 0) is 11.4 Å². The van der Waals surface area contributed by atoms with Crippen molar-refractivity contribution in [3.8, 4) is 5.75 Å². The number of carbonyl (C=O) groups excluding carboxylic acids is 2. The molecule has 0 radical (unpaired) electrons. The number of amides is 2. The summed E-state index contributed by atoms with van der Waals surface area (Å²) in [4.78, 5) is 25.3. The highest BCUT2D eigenvalue weighted by Gasteiger charge is 2.25. The maximum absolute atomic E-state index is 12.7. The lowest BCUT2D eigenvalue weighted by atomic mass is 10.0. The van der Waals surface area contributed by atoms with Gasteiger partial charge in [0.15, 0.2) is 0 Å². The Bertz CT molecular complexity index is 1160. The van der Waals surface area contributed by atoms with Crippen molar-refractivity contribution in [1.82, 2.24) is 10.7 Å². The first-order chi connectivity index (χ1) is 16.3. The van der Waals surface area contributed by atoms with E-state index in [0.717, 1.165) is 5.56 Å². The van der Waals surface area contributed by atoms with Gasteiger partial charge in [-0.15, -0.1) is 0 Å². The molecule has 0 aliphatic rings. The highest BCUT2D eigenvalue weighted by atomic mass is 35.5. The van der Waals surface area contributed by atoms with E-state index in [2.05, 4.69) is 15.8 Å². The largest absolute Gasteiger partial charge is 0.488 e. The fourth-order valence-corrected chi connectivity index (χ4v) is 3.44. The van der Waals surface area contributed by atoms with Crippen LogP contribution in [0.2, 0.25) is 10.0 Å². The molecule has 0 heterocycles. The zero-order valence-electron chi connectivity index (χ0n) is 18.8. The number of nitrogens with one attached hydrogen (secondary N) is 2. The normalized spacial score (nSPS) is 11.9. The molecule has 0 spiro atoms. The summed E-state index contributed by atoms with van der Waals surface area (Å²) in [7, 11) is 0. The maximum Gasteiger partial charge on any atom is 0.262 e. The number of hydrogen-bond acceptors (Lipinski definition) is 4. The number of hydrazone groups is 1. The Morgan fingerprint density at radius 3 is 2.35 bits per heavy atom. The number of benzene rings is 3. The molecule has 0 aliphatic heterocycles. The Hall–Kier alpha value is -3.35. The van der Waals surface area contributed by atoms with E-state index in [1.807, 2.05) is 50.2 Å². The van der Waals surface area contributed by atoms with Gasteiger partial charge in [-0.1, -0.05) is 73.4 Å². The van der Waals surface area contributed by atoms with Gasteiger partial charge in [0.25, 0.3) is 11.8 Å². The SMILES string of the molecule is CC(C)C(NC(=O)c1ccccc1Cl)C(=O)N/N=C/c1ccccc1OCc1ccc(Cl)cc1. The Morgan fingerprint density at radius 2 is 1.65 bits per heavy atom. The Balaban J connectivity index is 1.63. The van der Waals surface area contributed by atoms with Gasteiger partial charge in [0.1, 0.15) is 18.4 Å². The lowest BCUT2D eigenvalue weighted by Gasteiger charge is -2.20. The molecule has 0 saturated carbocycles. The smallest absolute Gasteiger partial charge is 0.262 e. The van der Waals surface area contributed by atoms with Crippen LogP contribution in [0.3, 0.4) is 0 Å². The standard InChI is InChI=1S/C26H25Cl2N3O3/c1-17(2)24(30-25(32)21-8-4-5-9-22(21)28)26(33)31-29-15-19-7-3-6-10-23(19)34-16-18-11-13-20(27)14-12-18/h3-15,17,24H,16H2,1-2H3,(H,30,32)(H,31,33)/b29-15+. The van der Waals surface area contributed by atoms with E-state index in [9.17, 15) is 9.59 Å². The second-order valence-electron chi connectivity index (χ2n) is 7.86. The predicted octanol–water partition coefficient (Wildman–Crippen LogP) is 5.48. The number of rotatable bonds is 9. The lowest BCUT2D eigenvalue weighted by Crippen LogP contribution is -2.48. The van der Waals surface area contributed by atoms with Crippen molar-refractivity contribution in [2.45, 2.75) is 26.5 Å². The van der Waals surface area contributed by atoms with Crippen molar-refractivity contribution in [1.29, 1.82) is 0 Å². The van der Waals surface area contributed by atoms with Gasteiger partial charge in [0.05, 0.1) is 16.8 Å². The van der Waals surface area contributed by atoms with Crippen LogP contribution in [0, 0.1) is 5.92 Å².